The van der Waals surface area contributed by atoms with Crippen LogP contribution in [0.1, 0.15) is 20.9 Å². The Kier molecular flexibility index (Phi) is 3.97. The molecule has 98 valence electrons. The number of methoxy groups -OCH3 is 1. The number of ketones is 1. The van der Waals surface area contributed by atoms with E-state index in [4.69, 9.17) is 4.74 Å². The molecule has 2 aromatic rings. The van der Waals surface area contributed by atoms with Gasteiger partial charge in [0.1, 0.15) is 0 Å². The van der Waals surface area contributed by atoms with Crippen molar-refractivity contribution in [1.82, 2.24) is 4.98 Å². The number of carbonyl (C=O) groups is 1. The summed E-state index contributed by atoms with van der Waals surface area (Å²) in [4.78, 5) is 16.6. The highest BCUT2D eigenvalue weighted by atomic mass is 32.1. The molecule has 0 fully saturated rings. The molecule has 0 spiro atoms. The molecule has 0 unspecified atom stereocenters. The van der Waals surface area contributed by atoms with Gasteiger partial charge in [0, 0.05) is 0 Å². The number of ether oxygens (including phenoxy) is 1. The van der Waals surface area contributed by atoms with E-state index in [-0.39, 0.29) is 11.5 Å². The number of rotatable bonds is 4. The molecule has 4 nitrogen and oxygen atoms in total. The summed E-state index contributed by atoms with van der Waals surface area (Å²) >= 11 is 1.32. The molecule has 0 saturated heterocycles. The van der Waals surface area contributed by atoms with Gasteiger partial charge in [-0.3, -0.25) is 4.79 Å². The molecule has 19 heavy (non-hydrogen) atoms. The van der Waals surface area contributed by atoms with Crippen molar-refractivity contribution in [2.75, 3.05) is 7.11 Å². The Morgan fingerprint density at radius 1 is 1.47 bits per heavy atom. The fraction of sp³-hybridized carbons (Fsp3) is 0.143. The number of aromatic nitrogens is 1. The van der Waals surface area contributed by atoms with E-state index in [1.807, 2.05) is 0 Å². The van der Waals surface area contributed by atoms with Crippen LogP contribution >= 0.6 is 11.3 Å². The van der Waals surface area contributed by atoms with Crippen molar-refractivity contribution in [3.63, 3.8) is 0 Å². The molecule has 1 heterocycles. The van der Waals surface area contributed by atoms with Gasteiger partial charge in [0.2, 0.25) is 0 Å². The highest BCUT2D eigenvalue weighted by Gasteiger charge is 2.08. The van der Waals surface area contributed by atoms with Crippen LogP contribution in [-0.2, 0) is 0 Å². The third-order valence-corrected chi connectivity index (χ3v) is 3.54. The summed E-state index contributed by atoms with van der Waals surface area (Å²) in [5.41, 5.74) is 3.11. The Balaban J connectivity index is 2.17. The average molecular weight is 275 g/mol. The molecule has 5 heteroatoms. The Morgan fingerprint density at radius 2 is 2.26 bits per heavy atom. The lowest BCUT2D eigenvalue weighted by molar-refractivity contribution is 0.105. The lowest BCUT2D eigenvalue weighted by atomic mass is 10.1. The minimum Gasteiger partial charge on any atom is -0.504 e. The number of nitrogens with zero attached hydrogens (tertiary/aromatic N) is 1. The van der Waals surface area contributed by atoms with E-state index in [9.17, 15) is 9.90 Å². The third-order valence-electron chi connectivity index (χ3n) is 2.60. The smallest absolute Gasteiger partial charge is 0.197 e. The Morgan fingerprint density at radius 3 is 2.84 bits per heavy atom. The zero-order valence-corrected chi connectivity index (χ0v) is 11.4. The SMILES string of the molecule is COc1ccc(/C=C/C(=O)c2scnc2C)cc1O. The lowest BCUT2D eigenvalue weighted by Crippen LogP contribution is -1.93. The van der Waals surface area contributed by atoms with Crippen LogP contribution < -0.4 is 4.74 Å². The van der Waals surface area contributed by atoms with Gasteiger partial charge < -0.3 is 9.84 Å². The Labute approximate surface area is 115 Å². The van der Waals surface area contributed by atoms with Crippen molar-refractivity contribution in [1.29, 1.82) is 0 Å². The van der Waals surface area contributed by atoms with E-state index in [0.717, 1.165) is 11.3 Å². The zero-order chi connectivity index (χ0) is 13.8. The van der Waals surface area contributed by atoms with E-state index in [2.05, 4.69) is 4.98 Å². The van der Waals surface area contributed by atoms with Gasteiger partial charge in [-0.1, -0.05) is 12.1 Å². The normalized spacial score (nSPS) is 10.8. The number of benzene rings is 1. The number of thiazole rings is 1. The largest absolute Gasteiger partial charge is 0.504 e. The second-order valence-electron chi connectivity index (χ2n) is 3.90. The molecule has 1 N–H and O–H groups in total. The molecule has 2 rings (SSSR count). The van der Waals surface area contributed by atoms with Crippen molar-refractivity contribution in [3.05, 3.63) is 45.9 Å². The summed E-state index contributed by atoms with van der Waals surface area (Å²) in [5.74, 6) is 0.364. The first-order chi connectivity index (χ1) is 9.11. The number of hydrogen-bond acceptors (Lipinski definition) is 5. The number of aromatic hydroxyl groups is 1. The van der Waals surface area contributed by atoms with Gasteiger partial charge in [0.15, 0.2) is 17.3 Å². The van der Waals surface area contributed by atoms with Gasteiger partial charge >= 0.3 is 0 Å². The maximum atomic E-state index is 11.9. The van der Waals surface area contributed by atoms with Crippen LogP contribution in [0.15, 0.2) is 29.8 Å². The lowest BCUT2D eigenvalue weighted by Gasteiger charge is -2.03. The van der Waals surface area contributed by atoms with Crippen LogP contribution in [-0.4, -0.2) is 23.0 Å². The van der Waals surface area contributed by atoms with Gasteiger partial charge in [-0.2, -0.15) is 0 Å². The molecule has 0 aliphatic heterocycles. The van der Waals surface area contributed by atoms with Gasteiger partial charge in [-0.15, -0.1) is 11.3 Å². The second-order valence-corrected chi connectivity index (χ2v) is 4.75. The minimum atomic E-state index is -0.0877. The molecule has 0 radical (unpaired) electrons. The first-order valence-corrected chi connectivity index (χ1v) is 6.49. The molecule has 0 saturated carbocycles. The van der Waals surface area contributed by atoms with Crippen LogP contribution in [0.25, 0.3) is 6.08 Å². The molecular formula is C14H13NO3S. The van der Waals surface area contributed by atoms with Crippen LogP contribution in [0.3, 0.4) is 0 Å². The molecule has 0 atom stereocenters. The van der Waals surface area contributed by atoms with Crippen molar-refractivity contribution >= 4 is 23.2 Å². The maximum absolute atomic E-state index is 11.9. The van der Waals surface area contributed by atoms with Gasteiger partial charge in [0.05, 0.1) is 23.2 Å². The van der Waals surface area contributed by atoms with Gasteiger partial charge in [-0.05, 0) is 30.7 Å². The predicted molar refractivity (Wildman–Crippen MR) is 74.9 cm³/mol. The van der Waals surface area contributed by atoms with Crippen LogP contribution in [0, 0.1) is 6.92 Å². The molecule has 0 bridgehead atoms. The fourth-order valence-corrected chi connectivity index (χ4v) is 2.32. The summed E-state index contributed by atoms with van der Waals surface area (Å²) in [7, 11) is 1.49. The number of hydrogen-bond donors (Lipinski definition) is 1. The monoisotopic (exact) mass is 275 g/mol. The average Bonchev–Trinajstić information content (AvgIpc) is 2.82. The number of aryl methyl sites for hydroxylation is 1. The van der Waals surface area contributed by atoms with Crippen molar-refractivity contribution in [3.8, 4) is 11.5 Å². The number of allylic oxidation sites excluding steroid dienone is 1. The summed E-state index contributed by atoms with van der Waals surface area (Å²) < 4.78 is 4.95. The van der Waals surface area contributed by atoms with Gasteiger partial charge in [-0.25, -0.2) is 4.98 Å². The number of phenols is 1. The molecule has 0 aliphatic rings. The van der Waals surface area contributed by atoms with E-state index in [0.29, 0.717) is 10.6 Å². The van der Waals surface area contributed by atoms with E-state index in [1.54, 1.807) is 36.7 Å². The van der Waals surface area contributed by atoms with Crippen molar-refractivity contribution < 1.29 is 14.6 Å². The molecule has 0 aliphatic carbocycles. The van der Waals surface area contributed by atoms with Crippen LogP contribution in [0.2, 0.25) is 0 Å². The Bertz CT molecular complexity index is 631. The van der Waals surface area contributed by atoms with Gasteiger partial charge in [0.25, 0.3) is 0 Å². The van der Waals surface area contributed by atoms with Crippen LogP contribution in [0.4, 0.5) is 0 Å². The number of carbonyl (C=O) groups excluding carboxylic acids is 1. The highest BCUT2D eigenvalue weighted by Crippen LogP contribution is 2.26. The third kappa shape index (κ3) is 3.00. The van der Waals surface area contributed by atoms with E-state index in [1.165, 1.54) is 24.5 Å². The highest BCUT2D eigenvalue weighted by molar-refractivity contribution is 7.12. The summed E-state index contributed by atoms with van der Waals surface area (Å²) in [6.07, 6.45) is 3.13. The van der Waals surface area contributed by atoms with E-state index >= 15 is 0 Å². The Hall–Kier alpha value is -2.14. The maximum Gasteiger partial charge on any atom is 0.197 e. The summed E-state index contributed by atoms with van der Waals surface area (Å²) in [6, 6.07) is 4.96. The number of phenolic OH excluding ortho intramolecular Hbond substituents is 1. The van der Waals surface area contributed by atoms with E-state index < -0.39 is 0 Å². The van der Waals surface area contributed by atoms with Crippen molar-refractivity contribution in [2.24, 2.45) is 0 Å². The minimum absolute atomic E-state index is 0.0473. The topological polar surface area (TPSA) is 59.4 Å². The fourth-order valence-electron chi connectivity index (χ4n) is 1.60. The quantitative estimate of drug-likeness (QED) is 0.688. The first-order valence-electron chi connectivity index (χ1n) is 5.61. The van der Waals surface area contributed by atoms with Crippen molar-refractivity contribution in [2.45, 2.75) is 6.92 Å². The molecular weight excluding hydrogens is 262 g/mol. The second kappa shape index (κ2) is 5.67. The summed E-state index contributed by atoms with van der Waals surface area (Å²) in [5, 5.41) is 9.63. The summed E-state index contributed by atoms with van der Waals surface area (Å²) in [6.45, 7) is 1.80. The van der Waals surface area contributed by atoms with Crippen LogP contribution in [0.5, 0.6) is 11.5 Å². The molecule has 1 aromatic heterocycles. The zero-order valence-electron chi connectivity index (χ0n) is 10.6. The molecule has 0 amide bonds. The standard InChI is InChI=1S/C14H13NO3S/c1-9-14(19-8-15-9)11(16)5-3-10-4-6-13(18-2)12(17)7-10/h3-8,17H,1-2H3/b5-3+. The predicted octanol–water partition coefficient (Wildman–Crippen LogP) is 3.06. The first kappa shape index (κ1) is 13.3. The molecule has 1 aromatic carbocycles.